The lowest BCUT2D eigenvalue weighted by Gasteiger charge is -2.37. The number of halogens is 3. The number of nitrogens with zero attached hydrogens (tertiary/aromatic N) is 2. The predicted octanol–water partition coefficient (Wildman–Crippen LogP) is 2.72. The molecular weight excluding hydrogens is 383 g/mol. The Morgan fingerprint density at radius 1 is 1.20 bits per heavy atom. The van der Waals surface area contributed by atoms with E-state index in [1.807, 2.05) is 0 Å². The van der Waals surface area contributed by atoms with Crippen molar-refractivity contribution in [1.82, 2.24) is 15.1 Å². The first-order valence-corrected chi connectivity index (χ1v) is 9.30. The molecule has 25 heavy (non-hydrogen) atoms. The van der Waals surface area contributed by atoms with Crippen molar-refractivity contribution in [3.8, 4) is 0 Å². The molecule has 1 unspecified atom stereocenters. The van der Waals surface area contributed by atoms with Crippen LogP contribution in [-0.4, -0.2) is 67.6 Å². The van der Waals surface area contributed by atoms with Gasteiger partial charge in [0.05, 0.1) is 15.7 Å². The summed E-state index contributed by atoms with van der Waals surface area (Å²) in [5.41, 5.74) is 0.504. The molecule has 2 N–H and O–H groups in total. The Labute approximate surface area is 165 Å². The summed E-state index contributed by atoms with van der Waals surface area (Å²) >= 11 is 12.2. The minimum atomic E-state index is -0.0487. The maximum atomic E-state index is 12.2. The van der Waals surface area contributed by atoms with Gasteiger partial charge in [-0.2, -0.15) is 0 Å². The Bertz CT molecular complexity index is 553. The fourth-order valence-electron chi connectivity index (χ4n) is 3.38. The number of amides is 1. The number of benzene rings is 1. The molecule has 1 aromatic rings. The molecule has 2 aliphatic heterocycles. The van der Waals surface area contributed by atoms with Crippen LogP contribution in [0.4, 0.5) is 5.69 Å². The van der Waals surface area contributed by atoms with Crippen molar-refractivity contribution in [3.05, 3.63) is 28.2 Å². The number of anilines is 1. The van der Waals surface area contributed by atoms with E-state index < -0.39 is 0 Å². The van der Waals surface area contributed by atoms with Crippen molar-refractivity contribution in [2.24, 2.45) is 0 Å². The molecule has 1 amide bonds. The van der Waals surface area contributed by atoms with Crippen LogP contribution in [0.25, 0.3) is 0 Å². The molecule has 140 valence electrons. The Balaban J connectivity index is 0.00000225. The number of para-hydroxylation sites is 1. The molecule has 0 aromatic heterocycles. The summed E-state index contributed by atoms with van der Waals surface area (Å²) in [5, 5.41) is 7.18. The van der Waals surface area contributed by atoms with Crippen LogP contribution in [0, 0.1) is 0 Å². The second-order valence-electron chi connectivity index (χ2n) is 6.42. The number of rotatable bonds is 5. The largest absolute Gasteiger partial charge is 0.324 e. The van der Waals surface area contributed by atoms with Crippen molar-refractivity contribution < 1.29 is 4.79 Å². The second-order valence-corrected chi connectivity index (χ2v) is 7.23. The number of hydrogen-bond acceptors (Lipinski definition) is 4. The normalized spacial score (nSPS) is 21.8. The zero-order valence-electron chi connectivity index (χ0n) is 14.1. The minimum Gasteiger partial charge on any atom is -0.324 e. The van der Waals surface area contributed by atoms with Gasteiger partial charge in [-0.05, 0) is 25.1 Å². The van der Waals surface area contributed by atoms with Gasteiger partial charge in [-0.15, -0.1) is 12.4 Å². The second kappa shape index (κ2) is 9.95. The van der Waals surface area contributed by atoms with Gasteiger partial charge in [-0.3, -0.25) is 9.69 Å². The fraction of sp³-hybridized carbons (Fsp3) is 0.588. The van der Waals surface area contributed by atoms with Gasteiger partial charge in [0.2, 0.25) is 5.91 Å². The van der Waals surface area contributed by atoms with Gasteiger partial charge < -0.3 is 15.5 Å². The van der Waals surface area contributed by atoms with E-state index in [1.165, 1.54) is 6.42 Å². The number of nitrogens with one attached hydrogen (secondary N) is 2. The van der Waals surface area contributed by atoms with E-state index in [2.05, 4.69) is 20.4 Å². The summed E-state index contributed by atoms with van der Waals surface area (Å²) in [6.45, 7) is 7.24. The van der Waals surface area contributed by atoms with E-state index in [0.717, 1.165) is 45.8 Å². The van der Waals surface area contributed by atoms with Crippen LogP contribution >= 0.6 is 35.6 Å². The monoisotopic (exact) mass is 406 g/mol. The minimum absolute atomic E-state index is 0. The van der Waals surface area contributed by atoms with Crippen LogP contribution in [0.3, 0.4) is 0 Å². The summed E-state index contributed by atoms with van der Waals surface area (Å²) in [6, 6.07) is 5.90. The van der Waals surface area contributed by atoms with E-state index in [1.54, 1.807) is 18.2 Å². The third-order valence-corrected chi connectivity index (χ3v) is 5.47. The highest BCUT2D eigenvalue weighted by atomic mass is 35.5. The number of piperazine rings is 1. The SMILES string of the molecule is Cl.O=C(CCN1CCN(C2CCNC2)CC1)Nc1c(Cl)cccc1Cl. The molecule has 5 nitrogen and oxygen atoms in total. The van der Waals surface area contributed by atoms with Crippen LogP contribution in [0.1, 0.15) is 12.8 Å². The van der Waals surface area contributed by atoms with Gasteiger partial charge in [0.1, 0.15) is 0 Å². The van der Waals surface area contributed by atoms with Crippen LogP contribution in [0.2, 0.25) is 10.0 Å². The standard InChI is InChI=1S/C17H24Cl2N4O.ClH/c18-14-2-1-3-15(19)17(14)21-16(24)5-7-22-8-10-23(11-9-22)13-4-6-20-12-13;/h1-3,13,20H,4-12H2,(H,21,24);1H. The lowest BCUT2D eigenvalue weighted by atomic mass is 10.2. The highest BCUT2D eigenvalue weighted by molar-refractivity contribution is 6.39. The first-order chi connectivity index (χ1) is 11.6. The Kier molecular flexibility index (Phi) is 8.26. The van der Waals surface area contributed by atoms with Crippen LogP contribution in [0.15, 0.2) is 18.2 Å². The summed E-state index contributed by atoms with van der Waals surface area (Å²) < 4.78 is 0. The molecule has 1 aromatic carbocycles. The Hall–Kier alpha value is -0.560. The average Bonchev–Trinajstić information content (AvgIpc) is 3.11. The average molecular weight is 408 g/mol. The Morgan fingerprint density at radius 3 is 2.48 bits per heavy atom. The van der Waals surface area contributed by atoms with Crippen LogP contribution < -0.4 is 10.6 Å². The topological polar surface area (TPSA) is 47.6 Å². The summed E-state index contributed by atoms with van der Waals surface area (Å²) in [6.07, 6.45) is 1.70. The van der Waals surface area contributed by atoms with Gasteiger partial charge in [0.25, 0.3) is 0 Å². The van der Waals surface area contributed by atoms with Crippen LogP contribution in [0.5, 0.6) is 0 Å². The fourth-order valence-corrected chi connectivity index (χ4v) is 3.87. The van der Waals surface area contributed by atoms with Gasteiger partial charge in [0, 0.05) is 51.7 Å². The summed E-state index contributed by atoms with van der Waals surface area (Å²) in [7, 11) is 0. The van der Waals surface area contributed by atoms with Gasteiger partial charge in [-0.1, -0.05) is 29.3 Å². The molecular formula is C17H25Cl3N4O. The van der Waals surface area contributed by atoms with Gasteiger partial charge in [-0.25, -0.2) is 0 Å². The van der Waals surface area contributed by atoms with Crippen molar-refractivity contribution >= 4 is 47.2 Å². The third-order valence-electron chi connectivity index (χ3n) is 4.84. The first-order valence-electron chi connectivity index (χ1n) is 8.54. The highest BCUT2D eigenvalue weighted by Crippen LogP contribution is 2.29. The maximum Gasteiger partial charge on any atom is 0.225 e. The molecule has 0 radical (unpaired) electrons. The van der Waals surface area contributed by atoms with Crippen molar-refractivity contribution in [2.75, 3.05) is 51.1 Å². The van der Waals surface area contributed by atoms with E-state index in [0.29, 0.717) is 28.2 Å². The molecule has 2 heterocycles. The number of carbonyl (C=O) groups excluding carboxylic acids is 1. The predicted molar refractivity (Wildman–Crippen MR) is 106 cm³/mol. The van der Waals surface area contributed by atoms with Crippen molar-refractivity contribution in [1.29, 1.82) is 0 Å². The van der Waals surface area contributed by atoms with Crippen molar-refractivity contribution in [3.63, 3.8) is 0 Å². The molecule has 2 saturated heterocycles. The molecule has 1 atom stereocenters. The summed E-state index contributed by atoms with van der Waals surface area (Å²) in [4.78, 5) is 17.1. The zero-order valence-corrected chi connectivity index (χ0v) is 16.5. The van der Waals surface area contributed by atoms with E-state index in [4.69, 9.17) is 23.2 Å². The molecule has 0 saturated carbocycles. The lowest BCUT2D eigenvalue weighted by Crippen LogP contribution is -2.51. The van der Waals surface area contributed by atoms with Gasteiger partial charge >= 0.3 is 0 Å². The summed E-state index contributed by atoms with van der Waals surface area (Å²) in [5.74, 6) is -0.0487. The third kappa shape index (κ3) is 5.71. The van der Waals surface area contributed by atoms with E-state index >= 15 is 0 Å². The maximum absolute atomic E-state index is 12.2. The lowest BCUT2D eigenvalue weighted by molar-refractivity contribution is -0.116. The zero-order chi connectivity index (χ0) is 16.9. The molecule has 0 spiro atoms. The molecule has 0 aliphatic carbocycles. The molecule has 2 fully saturated rings. The molecule has 0 bridgehead atoms. The quantitative estimate of drug-likeness (QED) is 0.788. The first kappa shape index (κ1) is 20.7. The molecule has 8 heteroatoms. The number of hydrogen-bond donors (Lipinski definition) is 2. The number of carbonyl (C=O) groups is 1. The van der Waals surface area contributed by atoms with Gasteiger partial charge in [0.15, 0.2) is 0 Å². The van der Waals surface area contributed by atoms with Crippen LogP contribution in [-0.2, 0) is 4.79 Å². The highest BCUT2D eigenvalue weighted by Gasteiger charge is 2.26. The Morgan fingerprint density at radius 2 is 1.88 bits per heavy atom. The van der Waals surface area contributed by atoms with E-state index in [9.17, 15) is 4.79 Å². The molecule has 3 rings (SSSR count). The smallest absolute Gasteiger partial charge is 0.225 e. The molecule has 2 aliphatic rings. The van der Waals surface area contributed by atoms with E-state index in [-0.39, 0.29) is 18.3 Å². The van der Waals surface area contributed by atoms with Crippen molar-refractivity contribution in [2.45, 2.75) is 18.9 Å².